The lowest BCUT2D eigenvalue weighted by Gasteiger charge is -2.16. The number of hydrogen-bond acceptors (Lipinski definition) is 0. The summed E-state index contributed by atoms with van der Waals surface area (Å²) in [4.78, 5) is 0. The Bertz CT molecular complexity index is 3840. The molecule has 46 heavy (non-hydrogen) atoms. The van der Waals surface area contributed by atoms with E-state index in [0.29, 0.717) is 10.8 Å². The maximum atomic E-state index is 9.45. The van der Waals surface area contributed by atoms with E-state index >= 15 is 0 Å². The maximum absolute atomic E-state index is 9.45. The van der Waals surface area contributed by atoms with Crippen LogP contribution in [-0.2, 0) is 0 Å². The lowest BCUT2D eigenvalue weighted by Crippen LogP contribution is -1.89. The second-order valence-corrected chi connectivity index (χ2v) is 10.8. The molecule has 0 nitrogen and oxygen atoms in total. The fourth-order valence-electron chi connectivity index (χ4n) is 6.26. The third-order valence-electron chi connectivity index (χ3n) is 8.29. The van der Waals surface area contributed by atoms with E-state index in [9.17, 15) is 5.48 Å². The van der Waals surface area contributed by atoms with Gasteiger partial charge in [0.2, 0.25) is 0 Å². The highest BCUT2D eigenvalue weighted by Crippen LogP contribution is 2.43. The quantitative estimate of drug-likeness (QED) is 0.136. The maximum Gasteiger partial charge on any atom is 0.0636 e. The van der Waals surface area contributed by atoms with E-state index < -0.39 is 133 Å². The van der Waals surface area contributed by atoms with Crippen LogP contribution in [0, 0.1) is 0 Å². The largest absolute Gasteiger partial charge is 0.0636 e. The summed E-state index contributed by atoms with van der Waals surface area (Å²) in [5, 5.41) is -2.43. The summed E-state index contributed by atoms with van der Waals surface area (Å²) < 4.78 is 195. The van der Waals surface area contributed by atoms with Gasteiger partial charge in [0.05, 0.1) is 30.2 Å². The molecule has 0 saturated heterocycles. The lowest BCUT2D eigenvalue weighted by atomic mass is 9.87. The van der Waals surface area contributed by atoms with Gasteiger partial charge in [-0.3, -0.25) is 0 Å². The summed E-state index contributed by atoms with van der Waals surface area (Å²) in [5.41, 5.74) is 0.208. The number of benzene rings is 10. The smallest absolute Gasteiger partial charge is 0.0616 e. The van der Waals surface area contributed by atoms with E-state index in [4.69, 9.17) is 24.7 Å². The van der Waals surface area contributed by atoms with Crippen LogP contribution in [0.2, 0.25) is 0 Å². The lowest BCUT2D eigenvalue weighted by molar-refractivity contribution is 1.69. The zero-order valence-corrected chi connectivity index (χ0v) is 23.5. The van der Waals surface area contributed by atoms with E-state index in [0.717, 1.165) is 0 Å². The predicted molar refractivity (Wildman–Crippen MR) is 200 cm³/mol. The van der Waals surface area contributed by atoms with E-state index in [1.54, 1.807) is 36.4 Å². The molecule has 0 aromatic heterocycles. The zero-order chi connectivity index (χ0) is 49.3. The molecule has 10 aromatic carbocycles. The molecule has 0 aliphatic heterocycles. The van der Waals surface area contributed by atoms with Crippen molar-refractivity contribution in [1.82, 2.24) is 0 Å². The molecule has 0 amide bonds. The Labute approximate surface area is 297 Å². The van der Waals surface area contributed by atoms with E-state index in [2.05, 4.69) is 0 Å². The van der Waals surface area contributed by atoms with Crippen molar-refractivity contribution in [2.75, 3.05) is 0 Å². The molecule has 0 aliphatic carbocycles. The Hall–Kier alpha value is -5.98. The molecule has 0 saturated carbocycles. The predicted octanol–water partition coefficient (Wildman–Crippen LogP) is 13.1. The highest BCUT2D eigenvalue weighted by molar-refractivity contribution is 6.22. The molecule has 10 rings (SSSR count). The highest BCUT2D eigenvalue weighted by Gasteiger charge is 2.15. The Kier molecular flexibility index (Phi) is 2.56. The Balaban J connectivity index is 1.41. The summed E-state index contributed by atoms with van der Waals surface area (Å²) in [6.07, 6.45) is 0. The monoisotopic (exact) mass is 602 g/mol. The minimum Gasteiger partial charge on any atom is -0.0616 e. The second kappa shape index (κ2) is 9.76. The number of rotatable bonds is 2. The summed E-state index contributed by atoms with van der Waals surface area (Å²) >= 11 is 0. The fourth-order valence-corrected chi connectivity index (χ4v) is 6.26. The van der Waals surface area contributed by atoms with E-state index in [-0.39, 0.29) is 86.9 Å². The van der Waals surface area contributed by atoms with Crippen molar-refractivity contribution in [2.45, 2.75) is 0 Å². The third kappa shape index (κ3) is 3.74. The average molecular weight is 603 g/mol. The topological polar surface area (TPSA) is 0 Å². The van der Waals surface area contributed by atoms with Crippen LogP contribution in [0.3, 0.4) is 0 Å². The van der Waals surface area contributed by atoms with Crippen molar-refractivity contribution in [3.05, 3.63) is 169 Å². The van der Waals surface area contributed by atoms with Crippen LogP contribution in [0.1, 0.15) is 30.2 Å². The van der Waals surface area contributed by atoms with Crippen LogP contribution >= 0.6 is 0 Å². The van der Waals surface area contributed by atoms with Gasteiger partial charge in [0, 0.05) is 0 Å². The van der Waals surface area contributed by atoms with Gasteiger partial charge in [-0.2, -0.15) is 0 Å². The van der Waals surface area contributed by atoms with Gasteiger partial charge in [-0.05, 0) is 122 Å². The van der Waals surface area contributed by atoms with Gasteiger partial charge in [-0.15, -0.1) is 0 Å². The van der Waals surface area contributed by atoms with Crippen molar-refractivity contribution < 1.29 is 30.2 Å². The van der Waals surface area contributed by atoms with Gasteiger partial charge in [0.15, 0.2) is 0 Å². The molecule has 0 atom stereocenters. The average Bonchev–Trinajstić information content (AvgIpc) is 3.32. The van der Waals surface area contributed by atoms with Crippen LogP contribution in [0.5, 0.6) is 0 Å². The molecule has 0 aliphatic rings. The first-order chi connectivity index (χ1) is 32.0. The van der Waals surface area contributed by atoms with Crippen LogP contribution in [0.15, 0.2) is 169 Å². The van der Waals surface area contributed by atoms with Crippen LogP contribution < -0.4 is 0 Å². The minimum atomic E-state index is -0.694. The minimum absolute atomic E-state index is 0.0606. The molecule has 0 bridgehead atoms. The fraction of sp³-hybridized carbons (Fsp3) is 0. The molecule has 212 valence electrons. The molecule has 0 unspecified atom stereocenters. The van der Waals surface area contributed by atoms with Crippen molar-refractivity contribution in [1.29, 1.82) is 0 Å². The number of hydrogen-bond donors (Lipinski definition) is 0. The molecule has 0 heterocycles. The first-order valence-electron chi connectivity index (χ1n) is 25.2. The van der Waals surface area contributed by atoms with Gasteiger partial charge in [0.1, 0.15) is 0 Å². The first-order valence-corrected chi connectivity index (χ1v) is 14.2. The SMILES string of the molecule is [2H]c1c([2H])c([2H])c2c([2H])c3c(c([2H])c([2H])c4c([2H])c([2H])c([2H])c([2H])c43)c(-c3ccc4ccc(-c5c6c([2H])c([2H])c([2H])c([2H])c6c([2H])c6c5c([2H])c([2H])c5c([2H])c([2H])c([2H])c([2H])c56)cc4c3)c2c1[2H]. The molecule has 0 heteroatoms. The Morgan fingerprint density at radius 3 is 1.17 bits per heavy atom. The van der Waals surface area contributed by atoms with E-state index in [1.807, 2.05) is 0 Å². The summed E-state index contributed by atoms with van der Waals surface area (Å²) in [5.74, 6) is 0. The zero-order valence-electron chi connectivity index (χ0n) is 45.5. The second-order valence-electron chi connectivity index (χ2n) is 10.8. The van der Waals surface area contributed by atoms with Crippen LogP contribution in [0.25, 0.3) is 97.7 Å². The van der Waals surface area contributed by atoms with Crippen molar-refractivity contribution in [2.24, 2.45) is 0 Å². The molecule has 0 spiro atoms. The Morgan fingerprint density at radius 2 is 0.696 bits per heavy atom. The van der Waals surface area contributed by atoms with Crippen molar-refractivity contribution in [3.63, 3.8) is 0 Å². The van der Waals surface area contributed by atoms with Crippen molar-refractivity contribution in [3.8, 4) is 22.3 Å². The highest BCUT2D eigenvalue weighted by atomic mass is 14.2. The van der Waals surface area contributed by atoms with Crippen LogP contribution in [0.4, 0.5) is 0 Å². The molecular formula is C46H28. The summed E-state index contributed by atoms with van der Waals surface area (Å²) in [7, 11) is 0. The molecule has 10 aromatic rings. The molecule has 0 fully saturated rings. The normalized spacial score (nSPS) is 18.6. The summed E-state index contributed by atoms with van der Waals surface area (Å²) in [6.45, 7) is 0. The van der Waals surface area contributed by atoms with Gasteiger partial charge >= 0.3 is 0 Å². The van der Waals surface area contributed by atoms with Crippen molar-refractivity contribution >= 4 is 75.4 Å². The first kappa shape index (κ1) is 12.1. The van der Waals surface area contributed by atoms with E-state index in [1.165, 1.54) is 0 Å². The Morgan fingerprint density at radius 1 is 0.283 bits per heavy atom. The van der Waals surface area contributed by atoms with Crippen LogP contribution in [-0.4, -0.2) is 0 Å². The molecule has 0 N–H and O–H groups in total. The van der Waals surface area contributed by atoms with Gasteiger partial charge in [0.25, 0.3) is 0 Å². The van der Waals surface area contributed by atoms with Gasteiger partial charge in [-0.1, -0.05) is 145 Å². The van der Waals surface area contributed by atoms with Gasteiger partial charge < -0.3 is 0 Å². The molecular weight excluding hydrogens is 553 g/mol. The summed E-state index contributed by atoms with van der Waals surface area (Å²) in [6, 6.07) is -4.52. The number of fused-ring (bicyclic) bond motifs is 9. The standard InChI is InChI=1S/C46H28/c1-5-13-37-30(9-1)21-23-41-43(37)27-32-11-3-7-15-39(32)45(41)34-19-17-29-18-20-35(26-36(29)25-34)46-40-16-8-4-12-33(40)28-44-38-14-6-2-10-31(38)22-24-42(44)46/h1-28H/i1D,2D,3D,4D,5D,6D,7D,8D,9D,10D,11D,12D,13D,14D,15D,16D,21D,22D,23D,24D,27D,28D. The third-order valence-corrected chi connectivity index (χ3v) is 8.29. The molecule has 0 radical (unpaired) electrons. The van der Waals surface area contributed by atoms with Gasteiger partial charge in [-0.25, -0.2) is 0 Å².